The van der Waals surface area contributed by atoms with E-state index < -0.39 is 5.79 Å². The number of nitriles is 1. The normalized spacial score (nSPS) is 54.2. The van der Waals surface area contributed by atoms with Crippen molar-refractivity contribution < 1.29 is 9.47 Å². The minimum Gasteiger partial charge on any atom is -0.344 e. The number of hydrogen-bond donors (Lipinski definition) is 0. The van der Waals surface area contributed by atoms with Crippen LogP contribution in [0.1, 0.15) is 86.0 Å². The Morgan fingerprint density at radius 3 is 2.48 bits per heavy atom. The van der Waals surface area contributed by atoms with Gasteiger partial charge in [0.05, 0.1) is 18.3 Å². The van der Waals surface area contributed by atoms with E-state index in [1.807, 2.05) is 0 Å². The average Bonchev–Trinajstić information content (AvgIpc) is 3.18. The van der Waals surface area contributed by atoms with Crippen molar-refractivity contribution in [2.24, 2.45) is 40.4 Å². The Balaban J connectivity index is 1.55. The molecule has 0 spiro atoms. The molecular formula is C26H39NO2. The van der Waals surface area contributed by atoms with Crippen LogP contribution >= 0.6 is 0 Å². The predicted octanol–water partition coefficient (Wildman–Crippen LogP) is 6.25. The van der Waals surface area contributed by atoms with Crippen LogP contribution in [0.2, 0.25) is 0 Å². The summed E-state index contributed by atoms with van der Waals surface area (Å²) >= 11 is 0. The molecule has 5 fully saturated rings. The molecule has 4 unspecified atom stereocenters. The molecule has 5 aliphatic rings. The van der Waals surface area contributed by atoms with E-state index >= 15 is 0 Å². The number of rotatable bonds is 1. The van der Waals surface area contributed by atoms with Crippen molar-refractivity contribution >= 4 is 0 Å². The van der Waals surface area contributed by atoms with Gasteiger partial charge >= 0.3 is 0 Å². The fourth-order valence-corrected chi connectivity index (χ4v) is 8.90. The molecule has 0 aromatic rings. The molecule has 4 saturated carbocycles. The molecule has 0 aromatic carbocycles. The van der Waals surface area contributed by atoms with E-state index in [1.165, 1.54) is 38.5 Å². The van der Waals surface area contributed by atoms with Crippen LogP contribution in [0.5, 0.6) is 0 Å². The van der Waals surface area contributed by atoms with E-state index in [9.17, 15) is 5.26 Å². The van der Waals surface area contributed by atoms with Gasteiger partial charge in [0, 0.05) is 6.42 Å². The van der Waals surface area contributed by atoms with Gasteiger partial charge in [-0.05, 0) is 106 Å². The Kier molecular flexibility index (Phi) is 4.55. The van der Waals surface area contributed by atoms with Crippen LogP contribution in [-0.2, 0) is 9.47 Å². The molecule has 0 bridgehead atoms. The van der Waals surface area contributed by atoms with Crippen LogP contribution in [0.3, 0.4) is 0 Å². The molecule has 0 N–H and O–H groups in total. The second-order valence-corrected chi connectivity index (χ2v) is 11.8. The van der Waals surface area contributed by atoms with Crippen LogP contribution in [-0.4, -0.2) is 18.0 Å². The van der Waals surface area contributed by atoms with E-state index in [0.717, 1.165) is 18.3 Å². The van der Waals surface area contributed by atoms with Gasteiger partial charge in [0.1, 0.15) is 0 Å². The summed E-state index contributed by atoms with van der Waals surface area (Å²) in [6.07, 6.45) is 12.4. The first-order valence-corrected chi connectivity index (χ1v) is 12.1. The van der Waals surface area contributed by atoms with Crippen molar-refractivity contribution in [1.82, 2.24) is 0 Å². The highest BCUT2D eigenvalue weighted by Gasteiger charge is 2.67. The lowest BCUT2D eigenvalue weighted by Crippen LogP contribution is -2.62. The minimum atomic E-state index is -0.483. The SMILES string of the molecule is C/C=C1\CCC2C3C(CC[C@]12C)[C@@]1(C)CC[C@H](CC#N)CC1[C@H]1OC(C)(C)O[C@H]31. The molecule has 0 radical (unpaired) electrons. The topological polar surface area (TPSA) is 42.2 Å². The molecule has 5 rings (SSSR count). The summed E-state index contributed by atoms with van der Waals surface area (Å²) in [4.78, 5) is 0. The summed E-state index contributed by atoms with van der Waals surface area (Å²) in [6.45, 7) is 11.6. The highest BCUT2D eigenvalue weighted by molar-refractivity contribution is 5.25. The monoisotopic (exact) mass is 397 g/mol. The first-order chi connectivity index (χ1) is 13.7. The van der Waals surface area contributed by atoms with Gasteiger partial charge in [0.25, 0.3) is 0 Å². The van der Waals surface area contributed by atoms with Crippen LogP contribution in [0.25, 0.3) is 0 Å². The Labute approximate surface area is 177 Å². The molecular weight excluding hydrogens is 358 g/mol. The van der Waals surface area contributed by atoms with Gasteiger partial charge in [-0.1, -0.05) is 25.5 Å². The average molecular weight is 398 g/mol. The molecule has 9 atom stereocenters. The van der Waals surface area contributed by atoms with Crippen molar-refractivity contribution in [3.63, 3.8) is 0 Å². The minimum absolute atomic E-state index is 0.203. The molecule has 0 amide bonds. The lowest BCUT2D eigenvalue weighted by Gasteiger charge is -2.63. The van der Waals surface area contributed by atoms with E-state index in [2.05, 4.69) is 46.8 Å². The summed E-state index contributed by atoms with van der Waals surface area (Å²) in [5.74, 6) is 2.68. The first kappa shape index (κ1) is 20.1. The lowest BCUT2D eigenvalue weighted by atomic mass is 9.43. The smallest absolute Gasteiger partial charge is 0.163 e. The Hall–Kier alpha value is -0.850. The third-order valence-electron chi connectivity index (χ3n) is 10.2. The number of fused-ring (bicyclic) bond motifs is 8. The zero-order valence-electron chi connectivity index (χ0n) is 19.0. The zero-order valence-corrected chi connectivity index (χ0v) is 19.0. The van der Waals surface area contributed by atoms with Gasteiger partial charge in [0.2, 0.25) is 0 Å². The van der Waals surface area contributed by atoms with Gasteiger partial charge in [-0.15, -0.1) is 0 Å². The van der Waals surface area contributed by atoms with E-state index in [0.29, 0.717) is 35.0 Å². The summed E-state index contributed by atoms with van der Waals surface area (Å²) in [7, 11) is 0. The largest absolute Gasteiger partial charge is 0.344 e. The maximum Gasteiger partial charge on any atom is 0.163 e. The molecule has 1 heterocycles. The van der Waals surface area contributed by atoms with Crippen LogP contribution in [0.15, 0.2) is 11.6 Å². The molecule has 1 aliphatic heterocycles. The van der Waals surface area contributed by atoms with E-state index in [1.54, 1.807) is 5.57 Å². The van der Waals surface area contributed by atoms with Gasteiger partial charge in [-0.25, -0.2) is 0 Å². The van der Waals surface area contributed by atoms with Crippen molar-refractivity contribution in [1.29, 1.82) is 5.26 Å². The van der Waals surface area contributed by atoms with E-state index in [-0.39, 0.29) is 12.2 Å². The second-order valence-electron chi connectivity index (χ2n) is 11.8. The van der Waals surface area contributed by atoms with Crippen LogP contribution in [0.4, 0.5) is 0 Å². The second kappa shape index (κ2) is 6.57. The van der Waals surface area contributed by atoms with E-state index in [4.69, 9.17) is 9.47 Å². The highest BCUT2D eigenvalue weighted by Crippen LogP contribution is 2.69. The molecule has 0 aromatic heterocycles. The summed E-state index contributed by atoms with van der Waals surface area (Å²) in [5.41, 5.74) is 2.39. The summed E-state index contributed by atoms with van der Waals surface area (Å²) in [5, 5.41) is 9.30. The fraction of sp³-hybridized carbons (Fsp3) is 0.885. The highest BCUT2D eigenvalue weighted by atomic mass is 16.8. The van der Waals surface area contributed by atoms with Gasteiger partial charge in [-0.2, -0.15) is 5.26 Å². The fourth-order valence-electron chi connectivity index (χ4n) is 8.90. The lowest BCUT2D eigenvalue weighted by molar-refractivity contribution is -0.177. The Morgan fingerprint density at radius 2 is 1.76 bits per heavy atom. The first-order valence-electron chi connectivity index (χ1n) is 12.1. The maximum atomic E-state index is 9.30. The summed E-state index contributed by atoms with van der Waals surface area (Å²) < 4.78 is 13.4. The quantitative estimate of drug-likeness (QED) is 0.491. The molecule has 3 heteroatoms. The Bertz CT molecular complexity index is 750. The number of allylic oxidation sites excluding steroid dienone is 2. The number of ether oxygens (including phenoxy) is 2. The van der Waals surface area contributed by atoms with Crippen molar-refractivity contribution in [2.75, 3.05) is 0 Å². The molecule has 1 saturated heterocycles. The third-order valence-corrected chi connectivity index (χ3v) is 10.2. The number of nitrogens with zero attached hydrogens (tertiary/aromatic N) is 1. The Morgan fingerprint density at radius 1 is 1.00 bits per heavy atom. The zero-order chi connectivity index (χ0) is 20.6. The molecule has 29 heavy (non-hydrogen) atoms. The van der Waals surface area contributed by atoms with Crippen LogP contribution < -0.4 is 0 Å². The molecule has 160 valence electrons. The summed E-state index contributed by atoms with van der Waals surface area (Å²) in [6, 6.07) is 2.45. The molecule has 4 aliphatic carbocycles. The van der Waals surface area contributed by atoms with Crippen molar-refractivity contribution in [2.45, 2.75) is 104 Å². The van der Waals surface area contributed by atoms with Gasteiger partial charge in [-0.3, -0.25) is 0 Å². The third kappa shape index (κ3) is 2.74. The van der Waals surface area contributed by atoms with Crippen LogP contribution in [0, 0.1) is 51.8 Å². The van der Waals surface area contributed by atoms with Gasteiger partial charge < -0.3 is 9.47 Å². The molecule has 3 nitrogen and oxygen atoms in total. The maximum absolute atomic E-state index is 9.30. The van der Waals surface area contributed by atoms with Crippen molar-refractivity contribution in [3.05, 3.63) is 11.6 Å². The number of hydrogen-bond acceptors (Lipinski definition) is 3. The van der Waals surface area contributed by atoms with Crippen molar-refractivity contribution in [3.8, 4) is 6.07 Å². The predicted molar refractivity (Wildman–Crippen MR) is 114 cm³/mol. The standard InChI is InChI=1S/C26H39NO2/c1-6-17-7-8-18-21-19(10-13-25(17,18)4)26(5)12-9-16(11-14-27)15-20(26)22-23(21)29-24(2,3)28-22/h6,16,18-23H,7-13,15H2,1-5H3/b17-6+/t16-,18?,19?,20?,21?,22-,23-,25-,26-/m1/s1. The van der Waals surface area contributed by atoms with Gasteiger partial charge in [0.15, 0.2) is 5.79 Å².